The molecule has 0 fully saturated rings. The Morgan fingerprint density at radius 2 is 0.738 bits per heavy atom. The third-order valence-electron chi connectivity index (χ3n) is 11.6. The molecule has 288 valence electrons. The Morgan fingerprint density at radius 1 is 0.262 bits per heavy atom. The molecule has 10 aromatic carbocycles. The van der Waals surface area contributed by atoms with Crippen molar-refractivity contribution in [1.82, 2.24) is 0 Å². The summed E-state index contributed by atoms with van der Waals surface area (Å²) >= 11 is 1.86. The Hall–Kier alpha value is -7.72. The molecule has 11 rings (SSSR count). The highest BCUT2D eigenvalue weighted by atomic mass is 32.1. The molecule has 0 amide bonds. The van der Waals surface area contributed by atoms with Gasteiger partial charge >= 0.3 is 0 Å². The highest BCUT2D eigenvalue weighted by molar-refractivity contribution is 7.25. The molecule has 0 radical (unpaired) electrons. The standard InChI is InChI=1S/C58H40N2S/c1-4-15-44(16-5-1)55-38-46-17-10-11-18-47(46)39-56(55)60(52-35-36-54-53-25-12-13-26-57(53)61-58(54)40-52)51-24-14-19-45(37-51)43-29-27-41(28-30-43)42-31-33-50(34-32-42)59(48-20-6-2-7-21-48)49-22-8-3-9-23-49/h1-40H. The van der Waals surface area contributed by atoms with Crippen molar-refractivity contribution >= 4 is 76.4 Å². The van der Waals surface area contributed by atoms with Crippen molar-refractivity contribution in [1.29, 1.82) is 0 Å². The van der Waals surface area contributed by atoms with Gasteiger partial charge in [0, 0.05) is 54.2 Å². The molecule has 0 saturated heterocycles. The third kappa shape index (κ3) is 7.01. The maximum absolute atomic E-state index is 2.45. The van der Waals surface area contributed by atoms with Gasteiger partial charge in [0.05, 0.1) is 5.69 Å². The lowest BCUT2D eigenvalue weighted by atomic mass is 9.96. The largest absolute Gasteiger partial charge is 0.311 e. The minimum absolute atomic E-state index is 1.10. The molecule has 0 spiro atoms. The number of anilines is 6. The zero-order valence-corrected chi connectivity index (χ0v) is 34.2. The first-order valence-corrected chi connectivity index (χ1v) is 21.6. The molecule has 0 saturated carbocycles. The first-order valence-electron chi connectivity index (χ1n) is 20.7. The average Bonchev–Trinajstić information content (AvgIpc) is 3.71. The fraction of sp³-hybridized carbons (Fsp3) is 0. The van der Waals surface area contributed by atoms with Gasteiger partial charge in [-0.2, -0.15) is 0 Å². The van der Waals surface area contributed by atoms with E-state index in [4.69, 9.17) is 0 Å². The topological polar surface area (TPSA) is 6.48 Å². The zero-order valence-electron chi connectivity index (χ0n) is 33.4. The molecule has 1 aromatic heterocycles. The highest BCUT2D eigenvalue weighted by Crippen LogP contribution is 2.46. The zero-order chi connectivity index (χ0) is 40.5. The number of thiophene rings is 1. The second-order valence-electron chi connectivity index (χ2n) is 15.4. The summed E-state index contributed by atoms with van der Waals surface area (Å²) in [5.41, 5.74) is 13.8. The van der Waals surface area contributed by atoms with E-state index in [9.17, 15) is 0 Å². The van der Waals surface area contributed by atoms with E-state index in [1.807, 2.05) is 11.3 Å². The SMILES string of the molecule is c1ccc(-c2cc3ccccc3cc2N(c2cccc(-c3ccc(-c4ccc(N(c5ccccc5)c5ccccc5)cc4)cc3)c2)c2ccc3c(c2)sc2ccccc23)cc1. The van der Waals surface area contributed by atoms with Gasteiger partial charge in [-0.15, -0.1) is 11.3 Å². The highest BCUT2D eigenvalue weighted by Gasteiger charge is 2.20. The van der Waals surface area contributed by atoms with E-state index in [1.165, 1.54) is 58.8 Å². The Morgan fingerprint density at radius 3 is 1.43 bits per heavy atom. The van der Waals surface area contributed by atoms with Gasteiger partial charge in [-0.25, -0.2) is 0 Å². The first-order chi connectivity index (χ1) is 30.2. The van der Waals surface area contributed by atoms with Crippen molar-refractivity contribution in [3.05, 3.63) is 243 Å². The summed E-state index contributed by atoms with van der Waals surface area (Å²) in [6.45, 7) is 0. The van der Waals surface area contributed by atoms with Crippen molar-refractivity contribution in [2.45, 2.75) is 0 Å². The predicted molar refractivity (Wildman–Crippen MR) is 263 cm³/mol. The third-order valence-corrected chi connectivity index (χ3v) is 12.8. The summed E-state index contributed by atoms with van der Waals surface area (Å²) in [4.78, 5) is 4.75. The van der Waals surface area contributed by atoms with Crippen LogP contribution < -0.4 is 9.80 Å². The van der Waals surface area contributed by atoms with Gasteiger partial charge in [0.25, 0.3) is 0 Å². The fourth-order valence-corrected chi connectivity index (χ4v) is 9.77. The molecular formula is C58H40N2S. The van der Waals surface area contributed by atoms with E-state index >= 15 is 0 Å². The molecule has 0 unspecified atom stereocenters. The van der Waals surface area contributed by atoms with Gasteiger partial charge in [0.1, 0.15) is 0 Å². The number of para-hydroxylation sites is 2. The van der Waals surface area contributed by atoms with Crippen LogP contribution >= 0.6 is 11.3 Å². The quantitative estimate of drug-likeness (QED) is 0.144. The van der Waals surface area contributed by atoms with Gasteiger partial charge in [0.15, 0.2) is 0 Å². The molecule has 0 aliphatic carbocycles. The van der Waals surface area contributed by atoms with Gasteiger partial charge in [0.2, 0.25) is 0 Å². The smallest absolute Gasteiger partial charge is 0.0546 e. The van der Waals surface area contributed by atoms with Crippen LogP contribution in [0.5, 0.6) is 0 Å². The maximum Gasteiger partial charge on any atom is 0.0546 e. The Bertz CT molecular complexity index is 3240. The normalized spacial score (nSPS) is 11.3. The van der Waals surface area contributed by atoms with E-state index in [0.29, 0.717) is 0 Å². The Balaban J connectivity index is 0.982. The van der Waals surface area contributed by atoms with Crippen LogP contribution in [-0.4, -0.2) is 0 Å². The lowest BCUT2D eigenvalue weighted by Crippen LogP contribution is -2.11. The summed E-state index contributed by atoms with van der Waals surface area (Å²) in [7, 11) is 0. The van der Waals surface area contributed by atoms with Crippen LogP contribution in [0.4, 0.5) is 34.1 Å². The van der Waals surface area contributed by atoms with Gasteiger partial charge < -0.3 is 9.80 Å². The van der Waals surface area contributed by atoms with E-state index in [2.05, 4.69) is 252 Å². The number of hydrogen-bond donors (Lipinski definition) is 0. The van der Waals surface area contributed by atoms with Crippen molar-refractivity contribution < 1.29 is 0 Å². The van der Waals surface area contributed by atoms with E-state index < -0.39 is 0 Å². The molecule has 0 bridgehead atoms. The van der Waals surface area contributed by atoms with Crippen molar-refractivity contribution in [2.24, 2.45) is 0 Å². The minimum Gasteiger partial charge on any atom is -0.311 e. The molecule has 0 aliphatic heterocycles. The molecular weight excluding hydrogens is 757 g/mol. The second kappa shape index (κ2) is 15.8. The molecule has 0 aliphatic rings. The van der Waals surface area contributed by atoms with Gasteiger partial charge in [-0.1, -0.05) is 164 Å². The molecule has 0 atom stereocenters. The Labute approximate surface area is 360 Å². The van der Waals surface area contributed by atoms with Crippen molar-refractivity contribution in [2.75, 3.05) is 9.80 Å². The number of benzene rings is 10. The maximum atomic E-state index is 2.45. The summed E-state index contributed by atoms with van der Waals surface area (Å²) in [6, 6.07) is 87.8. The van der Waals surface area contributed by atoms with Crippen LogP contribution in [0, 0.1) is 0 Å². The lowest BCUT2D eigenvalue weighted by molar-refractivity contribution is 1.28. The summed E-state index contributed by atoms with van der Waals surface area (Å²) in [6.07, 6.45) is 0. The number of rotatable bonds is 9. The second-order valence-corrected chi connectivity index (χ2v) is 16.5. The van der Waals surface area contributed by atoms with Crippen LogP contribution in [0.15, 0.2) is 243 Å². The van der Waals surface area contributed by atoms with Crippen LogP contribution in [0.3, 0.4) is 0 Å². The van der Waals surface area contributed by atoms with Crippen molar-refractivity contribution in [3.8, 4) is 33.4 Å². The van der Waals surface area contributed by atoms with Gasteiger partial charge in [-0.05, 0) is 117 Å². The molecule has 0 N–H and O–H groups in total. The number of fused-ring (bicyclic) bond motifs is 4. The summed E-state index contributed by atoms with van der Waals surface area (Å²) < 4.78 is 2.58. The van der Waals surface area contributed by atoms with E-state index in [0.717, 1.165) is 39.7 Å². The monoisotopic (exact) mass is 796 g/mol. The lowest BCUT2D eigenvalue weighted by Gasteiger charge is -2.29. The minimum atomic E-state index is 1.10. The number of hydrogen-bond acceptors (Lipinski definition) is 3. The first kappa shape index (κ1) is 36.4. The Kier molecular flexibility index (Phi) is 9.42. The van der Waals surface area contributed by atoms with Crippen LogP contribution in [-0.2, 0) is 0 Å². The fourth-order valence-electron chi connectivity index (χ4n) is 8.63. The summed E-state index contributed by atoms with van der Waals surface area (Å²) in [5, 5.41) is 5.02. The molecule has 3 heteroatoms. The van der Waals surface area contributed by atoms with Crippen LogP contribution in [0.1, 0.15) is 0 Å². The number of nitrogens with zero attached hydrogens (tertiary/aromatic N) is 2. The van der Waals surface area contributed by atoms with Crippen LogP contribution in [0.25, 0.3) is 64.3 Å². The predicted octanol–water partition coefficient (Wildman–Crippen LogP) is 17.1. The summed E-state index contributed by atoms with van der Waals surface area (Å²) in [5.74, 6) is 0. The van der Waals surface area contributed by atoms with E-state index in [-0.39, 0.29) is 0 Å². The molecule has 2 nitrogen and oxygen atoms in total. The van der Waals surface area contributed by atoms with Gasteiger partial charge in [-0.3, -0.25) is 0 Å². The molecule has 11 aromatic rings. The average molecular weight is 797 g/mol. The molecule has 61 heavy (non-hydrogen) atoms. The van der Waals surface area contributed by atoms with Crippen molar-refractivity contribution in [3.63, 3.8) is 0 Å². The molecule has 1 heterocycles. The van der Waals surface area contributed by atoms with E-state index in [1.54, 1.807) is 0 Å². The van der Waals surface area contributed by atoms with Crippen LogP contribution in [0.2, 0.25) is 0 Å².